The molecule has 0 saturated heterocycles. The Morgan fingerprint density at radius 2 is 1.66 bits per heavy atom. The van der Waals surface area contributed by atoms with Crippen LogP contribution < -0.4 is 0 Å². The van der Waals surface area contributed by atoms with Gasteiger partial charge in [0, 0.05) is 10.8 Å². The van der Waals surface area contributed by atoms with Crippen molar-refractivity contribution in [2.45, 2.75) is 83.6 Å². The zero-order chi connectivity index (χ0) is 23.0. The van der Waals surface area contributed by atoms with Crippen molar-refractivity contribution in [3.8, 4) is 0 Å². The summed E-state index contributed by atoms with van der Waals surface area (Å²) >= 11 is 0. The fourth-order valence-electron chi connectivity index (χ4n) is 8.54. The predicted molar refractivity (Wildman–Crippen MR) is 126 cm³/mol. The lowest BCUT2D eigenvalue weighted by atomic mass is 9.40. The fraction of sp³-hybridized carbons (Fsp3) is 0.704. The number of hydrogen-bond acceptors (Lipinski definition) is 4. The first-order chi connectivity index (χ1) is 15.0. The van der Waals surface area contributed by atoms with Gasteiger partial charge in [-0.2, -0.15) is 8.42 Å². The van der Waals surface area contributed by atoms with E-state index in [0.717, 1.165) is 31.2 Å². The first-order valence-corrected chi connectivity index (χ1v) is 13.7. The van der Waals surface area contributed by atoms with Gasteiger partial charge in [-0.15, -0.1) is 0 Å². The summed E-state index contributed by atoms with van der Waals surface area (Å²) in [6.45, 7) is 9.19. The van der Waals surface area contributed by atoms with Gasteiger partial charge in [0.2, 0.25) is 0 Å². The molecule has 1 aromatic carbocycles. The van der Waals surface area contributed by atoms with Gasteiger partial charge in [-0.05, 0) is 80.2 Å². The summed E-state index contributed by atoms with van der Waals surface area (Å²) in [5.41, 5.74) is 0.567. The van der Waals surface area contributed by atoms with Gasteiger partial charge in [-0.3, -0.25) is 4.18 Å². The molecular weight excluding hydrogens is 420 g/mol. The van der Waals surface area contributed by atoms with Crippen LogP contribution in [0.4, 0.5) is 0 Å². The summed E-state index contributed by atoms with van der Waals surface area (Å²) in [5.74, 6) is 1.02. The summed E-state index contributed by atoms with van der Waals surface area (Å²) in [5, 5.41) is 10.5. The van der Waals surface area contributed by atoms with Crippen molar-refractivity contribution in [2.24, 2.45) is 33.5 Å². The summed E-state index contributed by atoms with van der Waals surface area (Å²) in [6, 6.07) is 6.88. The van der Waals surface area contributed by atoms with Crippen molar-refractivity contribution in [1.29, 1.82) is 0 Å². The van der Waals surface area contributed by atoms with Crippen LogP contribution in [0.15, 0.2) is 41.3 Å². The molecule has 1 N–H and O–H groups in total. The van der Waals surface area contributed by atoms with Crippen LogP contribution >= 0.6 is 0 Å². The van der Waals surface area contributed by atoms with Crippen molar-refractivity contribution >= 4 is 10.1 Å². The molecule has 4 aliphatic rings. The standard InChI is InChI=1S/C27H38O4S/c1-19-6-8-20(9-7-19)32(29,30)31-23-26(18-28)14-10-22-25(4)13-5-12-24(2,3)21(25)11-15-27(22,23)17-16-26/h6-9,16-17,21-23,28H,5,10-15,18H2,1-4H3/t21-,22+,23-,25-,26-,27-/m0/s1. The van der Waals surface area contributed by atoms with Gasteiger partial charge in [0.15, 0.2) is 0 Å². The van der Waals surface area contributed by atoms with E-state index in [4.69, 9.17) is 4.18 Å². The van der Waals surface area contributed by atoms with Crippen molar-refractivity contribution in [3.05, 3.63) is 42.0 Å². The Balaban J connectivity index is 1.56. The monoisotopic (exact) mass is 458 g/mol. The maximum absolute atomic E-state index is 13.4. The average Bonchev–Trinajstić information content (AvgIpc) is 2.90. The predicted octanol–water partition coefficient (Wildman–Crippen LogP) is 5.64. The minimum absolute atomic E-state index is 0.0717. The lowest BCUT2D eigenvalue weighted by Gasteiger charge is -2.65. The second-order valence-electron chi connectivity index (χ2n) is 12.1. The van der Waals surface area contributed by atoms with Crippen LogP contribution in [0.3, 0.4) is 0 Å². The minimum Gasteiger partial charge on any atom is -0.395 e. The van der Waals surface area contributed by atoms with E-state index < -0.39 is 21.6 Å². The van der Waals surface area contributed by atoms with E-state index in [0.29, 0.717) is 17.3 Å². The molecule has 6 atom stereocenters. The molecular formula is C27H38O4S. The highest BCUT2D eigenvalue weighted by molar-refractivity contribution is 7.86. The van der Waals surface area contributed by atoms with Crippen LogP contribution in [-0.4, -0.2) is 26.2 Å². The maximum Gasteiger partial charge on any atom is 0.297 e. The molecule has 176 valence electrons. The highest BCUT2D eigenvalue weighted by Crippen LogP contribution is 2.72. The van der Waals surface area contributed by atoms with Crippen molar-refractivity contribution in [2.75, 3.05) is 6.61 Å². The number of fused-ring (bicyclic) bond motifs is 3. The summed E-state index contributed by atoms with van der Waals surface area (Å²) < 4.78 is 33.0. The zero-order valence-electron chi connectivity index (χ0n) is 19.9. The Morgan fingerprint density at radius 3 is 2.34 bits per heavy atom. The molecule has 5 rings (SSSR count). The van der Waals surface area contributed by atoms with Crippen molar-refractivity contribution in [3.63, 3.8) is 0 Å². The average molecular weight is 459 g/mol. The third kappa shape index (κ3) is 3.03. The molecule has 0 heterocycles. The van der Waals surface area contributed by atoms with Crippen molar-refractivity contribution in [1.82, 2.24) is 0 Å². The van der Waals surface area contributed by atoms with Crippen molar-refractivity contribution < 1.29 is 17.7 Å². The number of hydrogen-bond donors (Lipinski definition) is 1. The lowest BCUT2D eigenvalue weighted by molar-refractivity contribution is -0.184. The third-order valence-electron chi connectivity index (χ3n) is 10.0. The molecule has 5 heteroatoms. The highest BCUT2D eigenvalue weighted by atomic mass is 32.2. The Labute approximate surface area is 193 Å². The number of aliphatic hydroxyl groups is 1. The van der Waals surface area contributed by atoms with E-state index in [2.05, 4.69) is 32.9 Å². The van der Waals surface area contributed by atoms with Gasteiger partial charge < -0.3 is 5.11 Å². The van der Waals surface area contributed by atoms with E-state index in [9.17, 15) is 13.5 Å². The van der Waals surface area contributed by atoms with Crippen LogP contribution in [0.25, 0.3) is 0 Å². The second kappa shape index (κ2) is 7.16. The van der Waals surface area contributed by atoms with Gasteiger partial charge in [-0.1, -0.05) is 57.0 Å². The topological polar surface area (TPSA) is 63.6 Å². The molecule has 0 amide bonds. The van der Waals surface area contributed by atoms with Crippen LogP contribution in [0.2, 0.25) is 0 Å². The fourth-order valence-corrected chi connectivity index (χ4v) is 9.75. The Morgan fingerprint density at radius 1 is 0.969 bits per heavy atom. The van der Waals surface area contributed by atoms with Gasteiger partial charge in [0.25, 0.3) is 10.1 Å². The Bertz CT molecular complexity index is 1030. The van der Waals surface area contributed by atoms with Gasteiger partial charge >= 0.3 is 0 Å². The van der Waals surface area contributed by atoms with Crippen LogP contribution in [-0.2, 0) is 14.3 Å². The van der Waals surface area contributed by atoms with Gasteiger partial charge in [0.1, 0.15) is 0 Å². The quantitative estimate of drug-likeness (QED) is 0.468. The summed E-state index contributed by atoms with van der Waals surface area (Å²) in [6.07, 6.45) is 11.4. The van der Waals surface area contributed by atoms with E-state index in [-0.39, 0.29) is 22.3 Å². The number of aryl methyl sites for hydroxylation is 1. The molecule has 0 radical (unpaired) electrons. The number of benzene rings is 1. The molecule has 4 aliphatic carbocycles. The minimum atomic E-state index is -3.93. The molecule has 0 aromatic heterocycles. The third-order valence-corrected chi connectivity index (χ3v) is 11.3. The van der Waals surface area contributed by atoms with E-state index in [1.807, 2.05) is 19.1 Å². The maximum atomic E-state index is 13.4. The molecule has 4 nitrogen and oxygen atoms in total. The largest absolute Gasteiger partial charge is 0.395 e. The van der Waals surface area contributed by atoms with Gasteiger partial charge in [-0.25, -0.2) is 0 Å². The smallest absolute Gasteiger partial charge is 0.297 e. The first-order valence-electron chi connectivity index (χ1n) is 12.3. The molecule has 1 aromatic rings. The molecule has 0 unspecified atom stereocenters. The first kappa shape index (κ1) is 22.6. The van der Waals surface area contributed by atoms with E-state index in [1.54, 1.807) is 12.1 Å². The Kier molecular flexibility index (Phi) is 5.06. The number of rotatable bonds is 4. The molecule has 3 saturated carbocycles. The molecule has 1 spiro atoms. The van der Waals surface area contributed by atoms with Crippen LogP contribution in [0.1, 0.15) is 71.3 Å². The second-order valence-corrected chi connectivity index (χ2v) is 13.7. The zero-order valence-corrected chi connectivity index (χ0v) is 20.7. The number of aliphatic hydroxyl groups excluding tert-OH is 1. The summed E-state index contributed by atoms with van der Waals surface area (Å²) in [7, 11) is -3.93. The highest BCUT2D eigenvalue weighted by Gasteiger charge is 2.69. The summed E-state index contributed by atoms with van der Waals surface area (Å²) in [4.78, 5) is 0.202. The SMILES string of the molecule is Cc1ccc(S(=O)(=O)O[C@H]2[C@]3(CO)C=C[C@]24CC[C@H]2C(C)(C)CCC[C@]2(C)[C@H]4CC3)cc1. The Hall–Kier alpha value is -1.17. The van der Waals surface area contributed by atoms with Crippen LogP contribution in [0.5, 0.6) is 0 Å². The lowest BCUT2D eigenvalue weighted by Crippen LogP contribution is -2.62. The normalized spacial score (nSPS) is 42.3. The molecule has 0 aliphatic heterocycles. The van der Waals surface area contributed by atoms with Crippen LogP contribution in [0, 0.1) is 40.4 Å². The van der Waals surface area contributed by atoms with E-state index >= 15 is 0 Å². The van der Waals surface area contributed by atoms with Gasteiger partial charge in [0.05, 0.1) is 17.6 Å². The van der Waals surface area contributed by atoms with E-state index in [1.165, 1.54) is 19.3 Å². The molecule has 32 heavy (non-hydrogen) atoms. The molecule has 3 fully saturated rings. The molecule has 2 bridgehead atoms.